The summed E-state index contributed by atoms with van der Waals surface area (Å²) in [6.07, 6.45) is 1.03. The Balaban J connectivity index is 1.41. The zero-order chi connectivity index (χ0) is 24.1. The van der Waals surface area contributed by atoms with Crippen molar-refractivity contribution >= 4 is 11.9 Å². The summed E-state index contributed by atoms with van der Waals surface area (Å²) in [5.74, 6) is 0.797. The Hall–Kier alpha value is -3.21. The third kappa shape index (κ3) is 5.82. The molecule has 4 rings (SSSR count). The maximum atomic E-state index is 12.6. The first-order valence-electron chi connectivity index (χ1n) is 11.9. The number of carbonyl (C=O) groups excluding carboxylic acids is 2. The fourth-order valence-corrected chi connectivity index (χ4v) is 4.36. The van der Waals surface area contributed by atoms with Gasteiger partial charge >= 0.3 is 5.97 Å². The Labute approximate surface area is 200 Å². The Morgan fingerprint density at radius 1 is 1.18 bits per heavy atom. The van der Waals surface area contributed by atoms with Crippen LogP contribution in [0.5, 0.6) is 5.75 Å². The Kier molecular flexibility index (Phi) is 7.61. The van der Waals surface area contributed by atoms with Gasteiger partial charge in [0.15, 0.2) is 0 Å². The van der Waals surface area contributed by atoms with Gasteiger partial charge in [-0.2, -0.15) is 5.26 Å². The number of rotatable bonds is 5. The summed E-state index contributed by atoms with van der Waals surface area (Å²) in [5, 5.41) is 15.6. The fraction of sp³-hybridized carbons (Fsp3) is 0.444. The zero-order valence-electron chi connectivity index (χ0n) is 19.7. The molecule has 2 heterocycles. The lowest BCUT2D eigenvalue weighted by Crippen LogP contribution is -2.46. The molecule has 1 amide bonds. The van der Waals surface area contributed by atoms with E-state index >= 15 is 0 Å². The van der Waals surface area contributed by atoms with E-state index in [-0.39, 0.29) is 17.8 Å². The van der Waals surface area contributed by atoms with Crippen LogP contribution in [0.2, 0.25) is 0 Å². The first-order valence-corrected chi connectivity index (χ1v) is 11.9. The Bertz CT molecular complexity index is 1080. The van der Waals surface area contributed by atoms with Crippen molar-refractivity contribution in [3.8, 4) is 22.9 Å². The topological polar surface area (TPSA) is 100 Å². The van der Waals surface area contributed by atoms with Crippen LogP contribution in [0.25, 0.3) is 11.1 Å². The van der Waals surface area contributed by atoms with Crippen molar-refractivity contribution < 1.29 is 19.1 Å². The van der Waals surface area contributed by atoms with E-state index in [4.69, 9.17) is 9.47 Å². The first kappa shape index (κ1) is 23.9. The molecule has 2 aromatic rings. The summed E-state index contributed by atoms with van der Waals surface area (Å²) in [5.41, 5.74) is 4.09. The first-order chi connectivity index (χ1) is 16.4. The molecule has 7 heteroatoms. The molecule has 4 atom stereocenters. The summed E-state index contributed by atoms with van der Waals surface area (Å²) in [6, 6.07) is 15.5. The van der Waals surface area contributed by atoms with Gasteiger partial charge in [-0.05, 0) is 52.6 Å². The summed E-state index contributed by atoms with van der Waals surface area (Å²) in [7, 11) is 0. The lowest BCUT2D eigenvalue weighted by atomic mass is 9.92. The summed E-state index contributed by atoms with van der Waals surface area (Å²) in [6.45, 7) is 5.96. The average molecular weight is 462 g/mol. The minimum Gasteiger partial charge on any atom is -0.426 e. The summed E-state index contributed by atoms with van der Waals surface area (Å²) >= 11 is 0. The number of benzene rings is 2. The smallest absolute Gasteiger partial charge is 0.311 e. The number of nitrogens with one attached hydrogen (secondary N) is 2. The average Bonchev–Trinajstić information content (AvgIpc) is 3.14. The van der Waals surface area contributed by atoms with Gasteiger partial charge in [-0.3, -0.25) is 9.59 Å². The van der Waals surface area contributed by atoms with E-state index in [2.05, 4.69) is 36.6 Å². The molecule has 0 spiro atoms. The van der Waals surface area contributed by atoms with Crippen molar-refractivity contribution in [3.05, 3.63) is 53.6 Å². The molecule has 0 bridgehead atoms. The largest absolute Gasteiger partial charge is 0.426 e. The predicted octanol–water partition coefficient (Wildman–Crippen LogP) is 3.33. The Morgan fingerprint density at radius 3 is 2.71 bits per heavy atom. The molecule has 1 saturated heterocycles. The SMILES string of the molecule is CC1CCC(=O)Oc2ccc(-c3ccc(C[C@@H](C#N)NC(=O)[C@@H]4CNC[C@@H](C)CO4)cc3)cc21. The van der Waals surface area contributed by atoms with Crippen LogP contribution in [0.1, 0.15) is 43.7 Å². The number of nitrogens with zero attached hydrogens (tertiary/aromatic N) is 1. The molecule has 34 heavy (non-hydrogen) atoms. The monoisotopic (exact) mass is 461 g/mol. The van der Waals surface area contributed by atoms with Gasteiger partial charge in [0.2, 0.25) is 0 Å². The number of ether oxygens (including phenoxy) is 2. The van der Waals surface area contributed by atoms with Crippen molar-refractivity contribution in [3.63, 3.8) is 0 Å². The molecule has 0 saturated carbocycles. The van der Waals surface area contributed by atoms with Gasteiger partial charge in [-0.1, -0.05) is 44.2 Å². The molecule has 7 nitrogen and oxygen atoms in total. The molecule has 2 N–H and O–H groups in total. The van der Waals surface area contributed by atoms with E-state index in [1.165, 1.54) is 0 Å². The van der Waals surface area contributed by atoms with Crippen molar-refractivity contribution in [2.75, 3.05) is 19.7 Å². The minimum absolute atomic E-state index is 0.182. The van der Waals surface area contributed by atoms with Gasteiger partial charge in [0, 0.05) is 25.9 Å². The van der Waals surface area contributed by atoms with Crippen LogP contribution in [0, 0.1) is 17.2 Å². The number of hydrogen-bond donors (Lipinski definition) is 2. The van der Waals surface area contributed by atoms with Crippen molar-refractivity contribution in [1.82, 2.24) is 10.6 Å². The summed E-state index contributed by atoms with van der Waals surface area (Å²) in [4.78, 5) is 24.4. The standard InChI is InChI=1S/C27H31N3O4/c1-17-14-29-15-25(33-16-17)27(32)30-22(13-28)11-19-4-6-20(7-5-19)21-8-9-24-23(12-21)18(2)3-10-26(31)34-24/h4-9,12,17-18,22,25,29H,3,10-11,14-16H2,1-2H3,(H,30,32)/t17-,18?,22+,25+/m1/s1. The fourth-order valence-electron chi connectivity index (χ4n) is 4.36. The Morgan fingerprint density at radius 2 is 1.94 bits per heavy atom. The molecule has 2 aliphatic rings. The van der Waals surface area contributed by atoms with Gasteiger partial charge in [-0.15, -0.1) is 0 Å². The highest BCUT2D eigenvalue weighted by Gasteiger charge is 2.25. The van der Waals surface area contributed by atoms with Crippen molar-refractivity contribution in [1.29, 1.82) is 5.26 Å². The molecule has 2 aliphatic heterocycles. The summed E-state index contributed by atoms with van der Waals surface area (Å²) < 4.78 is 11.2. The number of nitriles is 1. The maximum absolute atomic E-state index is 12.6. The molecule has 0 radical (unpaired) electrons. The second-order valence-electron chi connectivity index (χ2n) is 9.34. The molecule has 0 aliphatic carbocycles. The van der Waals surface area contributed by atoms with Crippen LogP contribution in [0.4, 0.5) is 0 Å². The number of fused-ring (bicyclic) bond motifs is 1. The van der Waals surface area contributed by atoms with Crippen molar-refractivity contribution in [2.45, 2.75) is 51.2 Å². The van der Waals surface area contributed by atoms with E-state index in [0.717, 1.165) is 35.2 Å². The van der Waals surface area contributed by atoms with Crippen LogP contribution >= 0.6 is 0 Å². The molecule has 2 aromatic carbocycles. The van der Waals surface area contributed by atoms with Crippen LogP contribution in [0.15, 0.2) is 42.5 Å². The van der Waals surface area contributed by atoms with E-state index in [1.807, 2.05) is 36.4 Å². The van der Waals surface area contributed by atoms with Gasteiger partial charge in [0.05, 0.1) is 12.7 Å². The molecule has 0 aromatic heterocycles. The van der Waals surface area contributed by atoms with Gasteiger partial charge < -0.3 is 20.1 Å². The van der Waals surface area contributed by atoms with E-state index in [1.54, 1.807) is 0 Å². The van der Waals surface area contributed by atoms with Crippen molar-refractivity contribution in [2.24, 2.45) is 5.92 Å². The van der Waals surface area contributed by atoms with Crippen LogP contribution in [0.3, 0.4) is 0 Å². The highest BCUT2D eigenvalue weighted by molar-refractivity contribution is 5.81. The number of amides is 1. The third-order valence-corrected chi connectivity index (χ3v) is 6.44. The van der Waals surface area contributed by atoms with Gasteiger partial charge in [0.25, 0.3) is 5.91 Å². The van der Waals surface area contributed by atoms with Gasteiger partial charge in [0.1, 0.15) is 17.9 Å². The molecule has 1 fully saturated rings. The molecular formula is C27H31N3O4. The second kappa shape index (κ2) is 10.8. The number of carbonyl (C=O) groups is 2. The normalized spacial score (nSPS) is 23.4. The predicted molar refractivity (Wildman–Crippen MR) is 128 cm³/mol. The van der Waals surface area contributed by atoms with Crippen LogP contribution in [-0.2, 0) is 20.7 Å². The van der Waals surface area contributed by atoms with E-state index < -0.39 is 12.1 Å². The quantitative estimate of drug-likeness (QED) is 0.523. The molecular weight excluding hydrogens is 430 g/mol. The second-order valence-corrected chi connectivity index (χ2v) is 9.34. The molecule has 178 valence electrons. The van der Waals surface area contributed by atoms with Gasteiger partial charge in [-0.25, -0.2) is 0 Å². The lowest BCUT2D eigenvalue weighted by molar-refractivity contribution is -0.134. The third-order valence-electron chi connectivity index (χ3n) is 6.44. The maximum Gasteiger partial charge on any atom is 0.311 e. The highest BCUT2D eigenvalue weighted by atomic mass is 16.5. The molecule has 1 unspecified atom stereocenters. The highest BCUT2D eigenvalue weighted by Crippen LogP contribution is 2.36. The minimum atomic E-state index is -0.634. The van der Waals surface area contributed by atoms with E-state index in [9.17, 15) is 14.9 Å². The van der Waals surface area contributed by atoms with Crippen LogP contribution in [-0.4, -0.2) is 43.7 Å². The zero-order valence-corrected chi connectivity index (χ0v) is 19.7. The number of hydrogen-bond acceptors (Lipinski definition) is 6. The van der Waals surface area contributed by atoms with E-state index in [0.29, 0.717) is 37.7 Å². The lowest BCUT2D eigenvalue weighted by Gasteiger charge is -2.18. The van der Waals surface area contributed by atoms with Crippen LogP contribution < -0.4 is 15.4 Å². The number of esters is 1.